The summed E-state index contributed by atoms with van der Waals surface area (Å²) in [5.41, 5.74) is 0.713. The number of ether oxygens (including phenoxy) is 1. The molecule has 0 heterocycles. The first-order valence-electron chi connectivity index (χ1n) is 5.69. The van der Waals surface area contributed by atoms with Crippen molar-refractivity contribution in [1.82, 2.24) is 5.32 Å². The van der Waals surface area contributed by atoms with Crippen molar-refractivity contribution in [3.05, 3.63) is 29.8 Å². The van der Waals surface area contributed by atoms with Gasteiger partial charge in [0.1, 0.15) is 5.75 Å². The van der Waals surface area contributed by atoms with E-state index in [0.29, 0.717) is 12.1 Å². The topological polar surface area (TPSA) is 21.3 Å². The molecule has 0 saturated heterocycles. The van der Waals surface area contributed by atoms with Crippen LogP contribution in [0.1, 0.15) is 18.4 Å². The third-order valence-corrected chi connectivity index (χ3v) is 2.84. The third kappa shape index (κ3) is 4.34. The first-order valence-corrected chi connectivity index (χ1v) is 5.69. The molecule has 0 unspecified atom stereocenters. The molecule has 1 N–H and O–H groups in total. The SMILES string of the molecule is FC1(F)CC(NCc2ccc(OC(F)(F)F)cc2)C1. The molecule has 0 amide bonds. The van der Waals surface area contributed by atoms with Gasteiger partial charge in [-0.2, -0.15) is 0 Å². The van der Waals surface area contributed by atoms with Gasteiger partial charge in [0.05, 0.1) is 0 Å². The number of halogens is 5. The van der Waals surface area contributed by atoms with Gasteiger partial charge < -0.3 is 10.1 Å². The highest BCUT2D eigenvalue weighted by Gasteiger charge is 2.44. The molecule has 1 aromatic rings. The van der Waals surface area contributed by atoms with Crippen LogP contribution in [0.25, 0.3) is 0 Å². The van der Waals surface area contributed by atoms with Crippen LogP contribution in [0.2, 0.25) is 0 Å². The summed E-state index contributed by atoms with van der Waals surface area (Å²) in [6, 6.07) is 5.08. The fraction of sp³-hybridized carbons (Fsp3) is 0.500. The summed E-state index contributed by atoms with van der Waals surface area (Å²) in [6.07, 6.45) is -5.10. The number of alkyl halides is 5. The summed E-state index contributed by atoms with van der Waals surface area (Å²) in [7, 11) is 0. The van der Waals surface area contributed by atoms with E-state index in [9.17, 15) is 22.0 Å². The predicted molar refractivity (Wildman–Crippen MR) is 57.9 cm³/mol. The van der Waals surface area contributed by atoms with Crippen LogP contribution in [-0.4, -0.2) is 18.3 Å². The fourth-order valence-electron chi connectivity index (χ4n) is 1.88. The zero-order valence-corrected chi connectivity index (χ0v) is 9.81. The second kappa shape index (κ2) is 4.96. The van der Waals surface area contributed by atoms with E-state index in [-0.39, 0.29) is 24.6 Å². The van der Waals surface area contributed by atoms with E-state index in [1.807, 2.05) is 0 Å². The molecule has 1 aromatic carbocycles. The highest BCUT2D eigenvalue weighted by molar-refractivity contribution is 5.27. The standard InChI is InChI=1S/C12H12F5NO/c13-11(14)5-9(6-11)18-7-8-1-3-10(4-2-8)19-12(15,16)17/h1-4,9,18H,5-7H2. The average Bonchev–Trinajstić information content (AvgIpc) is 2.23. The third-order valence-electron chi connectivity index (χ3n) is 2.84. The molecule has 0 atom stereocenters. The molecule has 2 nitrogen and oxygen atoms in total. The van der Waals surface area contributed by atoms with Crippen LogP contribution in [-0.2, 0) is 6.54 Å². The van der Waals surface area contributed by atoms with Gasteiger partial charge in [-0.05, 0) is 17.7 Å². The summed E-state index contributed by atoms with van der Waals surface area (Å²) >= 11 is 0. The summed E-state index contributed by atoms with van der Waals surface area (Å²) < 4.78 is 64.6. The van der Waals surface area contributed by atoms with Gasteiger partial charge in [0.15, 0.2) is 0 Å². The van der Waals surface area contributed by atoms with Crippen LogP contribution in [0.5, 0.6) is 5.75 Å². The number of benzene rings is 1. The summed E-state index contributed by atoms with van der Waals surface area (Å²) in [6.45, 7) is 0.340. The van der Waals surface area contributed by atoms with Gasteiger partial charge >= 0.3 is 6.36 Å². The molecule has 7 heteroatoms. The van der Waals surface area contributed by atoms with Gasteiger partial charge in [0.25, 0.3) is 5.92 Å². The maximum Gasteiger partial charge on any atom is 0.573 e. The van der Waals surface area contributed by atoms with Gasteiger partial charge in [-0.15, -0.1) is 13.2 Å². The summed E-state index contributed by atoms with van der Waals surface area (Å²) in [5.74, 6) is -2.88. The molecule has 1 saturated carbocycles. The minimum Gasteiger partial charge on any atom is -0.406 e. The van der Waals surface area contributed by atoms with Crippen molar-refractivity contribution in [2.24, 2.45) is 0 Å². The quantitative estimate of drug-likeness (QED) is 0.853. The van der Waals surface area contributed by atoms with E-state index in [1.165, 1.54) is 24.3 Å². The maximum atomic E-state index is 12.6. The lowest BCUT2D eigenvalue weighted by molar-refractivity contribution is -0.274. The van der Waals surface area contributed by atoms with Crippen molar-refractivity contribution in [2.45, 2.75) is 37.7 Å². The first kappa shape index (κ1) is 14.0. The minimum absolute atomic E-state index is 0.192. The Morgan fingerprint density at radius 1 is 1.16 bits per heavy atom. The first-order chi connectivity index (χ1) is 8.73. The number of nitrogens with one attached hydrogen (secondary N) is 1. The Morgan fingerprint density at radius 3 is 2.21 bits per heavy atom. The van der Waals surface area contributed by atoms with Crippen molar-refractivity contribution in [2.75, 3.05) is 0 Å². The van der Waals surface area contributed by atoms with E-state index in [2.05, 4.69) is 10.1 Å². The highest BCUT2D eigenvalue weighted by Crippen LogP contribution is 2.37. The fourth-order valence-corrected chi connectivity index (χ4v) is 1.88. The molecule has 0 bridgehead atoms. The molecule has 2 rings (SSSR count). The predicted octanol–water partition coefficient (Wildman–Crippen LogP) is 3.47. The monoisotopic (exact) mass is 281 g/mol. The van der Waals surface area contributed by atoms with Gasteiger partial charge in [0, 0.05) is 25.4 Å². The lowest BCUT2D eigenvalue weighted by Gasteiger charge is -2.35. The Kier molecular flexibility index (Phi) is 3.66. The van der Waals surface area contributed by atoms with Crippen molar-refractivity contribution in [1.29, 1.82) is 0 Å². The maximum absolute atomic E-state index is 12.6. The number of rotatable bonds is 4. The van der Waals surface area contributed by atoms with Gasteiger partial charge in [-0.1, -0.05) is 12.1 Å². The van der Waals surface area contributed by atoms with Crippen LogP contribution in [0.4, 0.5) is 22.0 Å². The van der Waals surface area contributed by atoms with E-state index in [0.717, 1.165) is 0 Å². The van der Waals surface area contributed by atoms with Crippen molar-refractivity contribution in [3.63, 3.8) is 0 Å². The average molecular weight is 281 g/mol. The molecule has 1 aliphatic rings. The van der Waals surface area contributed by atoms with Crippen LogP contribution in [0, 0.1) is 0 Å². The van der Waals surface area contributed by atoms with E-state index < -0.39 is 12.3 Å². The van der Waals surface area contributed by atoms with E-state index in [1.54, 1.807) is 0 Å². The Balaban J connectivity index is 1.79. The van der Waals surface area contributed by atoms with E-state index in [4.69, 9.17) is 0 Å². The largest absolute Gasteiger partial charge is 0.573 e. The van der Waals surface area contributed by atoms with Crippen LogP contribution >= 0.6 is 0 Å². The van der Waals surface area contributed by atoms with E-state index >= 15 is 0 Å². The molecule has 0 radical (unpaired) electrons. The Bertz CT molecular complexity index is 421. The highest BCUT2D eigenvalue weighted by atomic mass is 19.4. The van der Waals surface area contributed by atoms with Crippen molar-refractivity contribution < 1.29 is 26.7 Å². The molecule has 0 spiro atoms. The molecule has 1 aliphatic carbocycles. The number of hydrogen-bond acceptors (Lipinski definition) is 2. The zero-order chi connectivity index (χ0) is 14.1. The molecule has 0 aliphatic heterocycles. The van der Waals surface area contributed by atoms with Gasteiger partial charge in [0.2, 0.25) is 0 Å². The van der Waals surface area contributed by atoms with Crippen LogP contribution in [0.3, 0.4) is 0 Å². The molecule has 19 heavy (non-hydrogen) atoms. The minimum atomic E-state index is -4.71. The van der Waals surface area contributed by atoms with Crippen LogP contribution in [0.15, 0.2) is 24.3 Å². The lowest BCUT2D eigenvalue weighted by Crippen LogP contribution is -2.48. The van der Waals surface area contributed by atoms with Crippen LogP contribution < -0.4 is 10.1 Å². The molecule has 1 fully saturated rings. The summed E-state index contributed by atoms with van der Waals surface area (Å²) in [4.78, 5) is 0. The molecule has 0 aromatic heterocycles. The number of hydrogen-bond donors (Lipinski definition) is 1. The van der Waals surface area contributed by atoms with Crippen molar-refractivity contribution >= 4 is 0 Å². The second-order valence-corrected chi connectivity index (χ2v) is 4.53. The molecular weight excluding hydrogens is 269 g/mol. The Morgan fingerprint density at radius 2 is 1.74 bits per heavy atom. The molecular formula is C12H12F5NO. The molecule has 106 valence electrons. The second-order valence-electron chi connectivity index (χ2n) is 4.53. The Hall–Kier alpha value is -1.37. The summed E-state index contributed by atoms with van der Waals surface area (Å²) in [5, 5.41) is 2.92. The smallest absolute Gasteiger partial charge is 0.406 e. The zero-order valence-electron chi connectivity index (χ0n) is 9.81. The Labute approximate surface area is 106 Å². The van der Waals surface area contributed by atoms with Gasteiger partial charge in [-0.3, -0.25) is 0 Å². The normalized spacial score (nSPS) is 19.0. The van der Waals surface area contributed by atoms with Gasteiger partial charge in [-0.25, -0.2) is 8.78 Å². The van der Waals surface area contributed by atoms with Crippen molar-refractivity contribution in [3.8, 4) is 5.75 Å². The lowest BCUT2D eigenvalue weighted by atomic mass is 9.88.